The molecule has 226 valence electrons. The lowest BCUT2D eigenvalue weighted by Crippen LogP contribution is -2.43. The van der Waals surface area contributed by atoms with E-state index in [4.69, 9.17) is 4.52 Å². The van der Waals surface area contributed by atoms with Crippen LogP contribution in [0.4, 0.5) is 3.89 Å². The van der Waals surface area contributed by atoms with Crippen LogP contribution in [-0.4, -0.2) is 80.0 Å². The number of hydrogen-bond acceptors (Lipinski definition) is 11. The summed E-state index contributed by atoms with van der Waals surface area (Å²) in [6, 6.07) is 6.53. The molecule has 14 heteroatoms. The molecule has 3 amide bonds. The zero-order chi connectivity index (χ0) is 31.0. The Morgan fingerprint density at radius 3 is 2.60 bits per heavy atom. The van der Waals surface area contributed by atoms with Gasteiger partial charge in [0.05, 0.1) is 12.6 Å². The van der Waals surface area contributed by atoms with Crippen molar-refractivity contribution >= 4 is 42.8 Å². The van der Waals surface area contributed by atoms with Crippen LogP contribution in [0.5, 0.6) is 0 Å². The summed E-state index contributed by atoms with van der Waals surface area (Å²) in [6.45, 7) is 8.51. The third-order valence-corrected chi connectivity index (χ3v) is 6.84. The Balaban J connectivity index is 0.000000616. The number of amides is 3. The van der Waals surface area contributed by atoms with Crippen molar-refractivity contribution in [1.82, 2.24) is 24.2 Å². The topological polar surface area (TPSA) is 143 Å². The van der Waals surface area contributed by atoms with E-state index < -0.39 is 23.8 Å². The van der Waals surface area contributed by atoms with Crippen molar-refractivity contribution in [3.8, 4) is 11.4 Å². The predicted molar refractivity (Wildman–Crippen MR) is 150 cm³/mol. The second-order valence-electron chi connectivity index (χ2n) is 10.7. The Labute approximate surface area is 247 Å². The molecule has 0 aliphatic carbocycles. The summed E-state index contributed by atoms with van der Waals surface area (Å²) in [5, 5.41) is 4.03. The van der Waals surface area contributed by atoms with Crippen LogP contribution < -0.4 is 0 Å². The summed E-state index contributed by atoms with van der Waals surface area (Å²) in [4.78, 5) is 66.7. The molecular formula is C28H34FN5O7S. The average Bonchev–Trinajstić information content (AvgIpc) is 3.51. The van der Waals surface area contributed by atoms with E-state index in [2.05, 4.69) is 14.9 Å². The van der Waals surface area contributed by atoms with Crippen molar-refractivity contribution in [2.24, 2.45) is 0 Å². The SMILES string of the molecule is CC(C)(C)OC=O.Cc1cccc(-c2noc(CN3CCCC4=C3C(=O)N(C(C=O)CCC(=O)N(C)SF)C4=O)n2)c1. The van der Waals surface area contributed by atoms with Gasteiger partial charge < -0.3 is 19.0 Å². The maximum atomic E-state index is 13.3. The quantitative estimate of drug-likeness (QED) is 0.223. The number of benzene rings is 1. The summed E-state index contributed by atoms with van der Waals surface area (Å²) in [6.07, 6.45) is 1.23. The fourth-order valence-corrected chi connectivity index (χ4v) is 4.57. The Hall–Kier alpha value is -4.07. The van der Waals surface area contributed by atoms with E-state index in [9.17, 15) is 27.9 Å². The van der Waals surface area contributed by atoms with Gasteiger partial charge in [0.15, 0.2) is 12.3 Å². The number of hydrogen-bond donors (Lipinski definition) is 0. The summed E-state index contributed by atoms with van der Waals surface area (Å²) in [7, 11) is 1.26. The molecule has 1 aromatic heterocycles. The molecule has 0 N–H and O–H groups in total. The van der Waals surface area contributed by atoms with Gasteiger partial charge in [0.2, 0.25) is 17.6 Å². The first-order valence-corrected chi connectivity index (χ1v) is 13.9. The first kappa shape index (κ1) is 32.4. The highest BCUT2D eigenvalue weighted by Crippen LogP contribution is 2.34. The molecule has 1 aromatic carbocycles. The summed E-state index contributed by atoms with van der Waals surface area (Å²) in [5.41, 5.74) is 2.08. The van der Waals surface area contributed by atoms with E-state index in [-0.39, 0.29) is 43.0 Å². The predicted octanol–water partition coefficient (Wildman–Crippen LogP) is 3.56. The highest BCUT2D eigenvalue weighted by atomic mass is 32.2. The van der Waals surface area contributed by atoms with E-state index in [1.54, 1.807) is 4.90 Å². The van der Waals surface area contributed by atoms with Crippen LogP contribution in [0.1, 0.15) is 57.9 Å². The number of ether oxygens (including phenoxy) is 1. The van der Waals surface area contributed by atoms with Gasteiger partial charge in [-0.1, -0.05) is 28.9 Å². The summed E-state index contributed by atoms with van der Waals surface area (Å²) in [5.74, 6) is -0.978. The van der Waals surface area contributed by atoms with Gasteiger partial charge in [0.25, 0.3) is 18.3 Å². The first-order chi connectivity index (χ1) is 19.9. The molecule has 4 rings (SSSR count). The zero-order valence-corrected chi connectivity index (χ0v) is 25.0. The van der Waals surface area contributed by atoms with Crippen LogP contribution >= 0.6 is 12.3 Å². The second kappa shape index (κ2) is 14.2. The lowest BCUT2D eigenvalue weighted by Gasteiger charge is -2.28. The minimum Gasteiger partial charge on any atom is -0.462 e. The Morgan fingerprint density at radius 1 is 1.26 bits per heavy atom. The monoisotopic (exact) mass is 603 g/mol. The number of aldehydes is 1. The van der Waals surface area contributed by atoms with Gasteiger partial charge in [0.1, 0.15) is 17.6 Å². The molecule has 0 saturated heterocycles. The normalized spacial score (nSPS) is 15.6. The number of halogens is 1. The molecule has 2 aromatic rings. The minimum absolute atomic E-state index is 0.0885. The number of imide groups is 1. The van der Waals surface area contributed by atoms with Crippen molar-refractivity contribution in [1.29, 1.82) is 0 Å². The van der Waals surface area contributed by atoms with Gasteiger partial charge in [-0.2, -0.15) is 4.98 Å². The van der Waals surface area contributed by atoms with Crippen molar-refractivity contribution in [2.45, 2.75) is 71.6 Å². The van der Waals surface area contributed by atoms with Crippen LogP contribution in [0.3, 0.4) is 0 Å². The largest absolute Gasteiger partial charge is 0.462 e. The number of aromatic nitrogens is 2. The van der Waals surface area contributed by atoms with E-state index in [0.29, 0.717) is 49.4 Å². The third kappa shape index (κ3) is 8.02. The Bertz CT molecular complexity index is 1360. The van der Waals surface area contributed by atoms with Crippen molar-refractivity contribution in [3.63, 3.8) is 0 Å². The van der Waals surface area contributed by atoms with E-state index >= 15 is 0 Å². The van der Waals surface area contributed by atoms with E-state index in [1.807, 2.05) is 52.0 Å². The summed E-state index contributed by atoms with van der Waals surface area (Å²) >= 11 is -0.243. The number of aryl methyl sites for hydroxylation is 1. The molecular weight excluding hydrogens is 569 g/mol. The molecule has 2 aliphatic heterocycles. The molecule has 0 radical (unpaired) electrons. The number of carbonyl (C=O) groups is 5. The smallest absolute Gasteiger partial charge is 0.293 e. The van der Waals surface area contributed by atoms with Gasteiger partial charge in [-0.15, -0.1) is 3.89 Å². The van der Waals surface area contributed by atoms with E-state index in [1.165, 1.54) is 7.05 Å². The van der Waals surface area contributed by atoms with Gasteiger partial charge in [-0.3, -0.25) is 28.4 Å². The van der Waals surface area contributed by atoms with Gasteiger partial charge in [-0.05, 0) is 53.0 Å². The minimum atomic E-state index is -1.12. The highest BCUT2D eigenvalue weighted by Gasteiger charge is 2.45. The standard InChI is InChI=1S/C23H24FN5O5S.C5H10O2/c1-14-5-3-6-15(11-14)21-25-18(34-26-21)12-28-10-4-7-17-20(28)23(33)29(22(17)32)16(13-30)8-9-19(31)27(2)35-24;1-5(2,3)7-4-6/h3,5-6,11,13,16H,4,7-10,12H2,1-2H3;4H,1-3H3. The van der Waals surface area contributed by atoms with Crippen LogP contribution in [-0.2, 0) is 35.3 Å². The number of rotatable bonds is 10. The fraction of sp³-hybridized carbons (Fsp3) is 0.464. The molecule has 0 saturated carbocycles. The molecule has 0 fully saturated rings. The van der Waals surface area contributed by atoms with Gasteiger partial charge >= 0.3 is 0 Å². The van der Waals surface area contributed by atoms with Crippen molar-refractivity contribution in [2.75, 3.05) is 13.6 Å². The molecule has 0 spiro atoms. The molecule has 3 heterocycles. The van der Waals surface area contributed by atoms with E-state index in [0.717, 1.165) is 20.3 Å². The Kier molecular flexibility index (Phi) is 11.0. The van der Waals surface area contributed by atoms with Gasteiger partial charge in [0, 0.05) is 31.1 Å². The van der Waals surface area contributed by atoms with Crippen LogP contribution in [0, 0.1) is 6.92 Å². The molecule has 42 heavy (non-hydrogen) atoms. The Morgan fingerprint density at radius 2 is 2.00 bits per heavy atom. The second-order valence-corrected chi connectivity index (χ2v) is 11.4. The molecule has 1 atom stereocenters. The molecule has 2 aliphatic rings. The molecule has 12 nitrogen and oxygen atoms in total. The van der Waals surface area contributed by atoms with Crippen molar-refractivity contribution < 1.29 is 37.1 Å². The third-order valence-electron chi connectivity index (χ3n) is 6.42. The van der Waals surface area contributed by atoms with Gasteiger partial charge in [-0.25, -0.2) is 0 Å². The fourth-order valence-electron chi connectivity index (χ4n) is 4.40. The zero-order valence-electron chi connectivity index (χ0n) is 24.2. The summed E-state index contributed by atoms with van der Waals surface area (Å²) < 4.78 is 23.3. The van der Waals surface area contributed by atoms with Crippen LogP contribution in [0.25, 0.3) is 11.4 Å². The number of nitrogens with zero attached hydrogens (tertiary/aromatic N) is 5. The maximum Gasteiger partial charge on any atom is 0.293 e. The average molecular weight is 604 g/mol. The maximum absolute atomic E-state index is 13.3. The first-order valence-electron chi connectivity index (χ1n) is 13.3. The molecule has 0 bridgehead atoms. The highest BCUT2D eigenvalue weighted by molar-refractivity contribution is 7.92. The number of carbonyl (C=O) groups excluding carboxylic acids is 5. The van der Waals surface area contributed by atoms with Crippen LogP contribution in [0.2, 0.25) is 0 Å². The lowest BCUT2D eigenvalue weighted by atomic mass is 10.0. The van der Waals surface area contributed by atoms with Crippen LogP contribution in [0.15, 0.2) is 40.1 Å². The molecule has 1 unspecified atom stereocenters. The van der Waals surface area contributed by atoms with Crippen molar-refractivity contribution in [3.05, 3.63) is 47.0 Å². The lowest BCUT2D eigenvalue weighted by molar-refractivity contribution is -0.144.